The minimum absolute atomic E-state index is 0.0405. The Morgan fingerprint density at radius 2 is 2.05 bits per heavy atom. The fourth-order valence-electron chi connectivity index (χ4n) is 1.93. The molecule has 1 unspecified atom stereocenters. The third-order valence-electron chi connectivity index (χ3n) is 3.34. The van der Waals surface area contributed by atoms with E-state index in [1.807, 2.05) is 6.92 Å². The van der Waals surface area contributed by atoms with Crippen LogP contribution in [-0.4, -0.2) is 37.4 Å². The molecule has 0 radical (unpaired) electrons. The lowest BCUT2D eigenvalue weighted by Crippen LogP contribution is -2.32. The van der Waals surface area contributed by atoms with Gasteiger partial charge in [0.15, 0.2) is 0 Å². The van der Waals surface area contributed by atoms with Crippen molar-refractivity contribution in [2.75, 3.05) is 13.6 Å². The summed E-state index contributed by atoms with van der Waals surface area (Å²) in [5.41, 5.74) is 0.345. The maximum atomic E-state index is 12.4. The molecule has 20 heavy (non-hydrogen) atoms. The van der Waals surface area contributed by atoms with Gasteiger partial charge in [-0.25, -0.2) is 8.42 Å². The van der Waals surface area contributed by atoms with Crippen LogP contribution < -0.4 is 0 Å². The molecule has 0 aromatic carbocycles. The minimum atomic E-state index is -3.82. The Morgan fingerprint density at radius 3 is 2.50 bits per heavy atom. The normalized spacial score (nSPS) is 13.2. The number of nitrogens with zero attached hydrogens (tertiary/aromatic N) is 2. The van der Waals surface area contributed by atoms with Crippen LogP contribution in [0.5, 0.6) is 0 Å². The summed E-state index contributed by atoms with van der Waals surface area (Å²) in [7, 11) is 3.22. The molecule has 0 fully saturated rings. The van der Waals surface area contributed by atoms with Crippen LogP contribution in [0.25, 0.3) is 0 Å². The molecule has 1 rings (SSSR count). The summed E-state index contributed by atoms with van der Waals surface area (Å²) in [5.74, 6) is 0.198. The standard InChI is InChI=1S/C13H21ClN2O3S/c1-5-10(3)8-15(4)13(17)12-7-11(20(14,18)19)9-16(12)6-2/h7,9-10H,5-6,8H2,1-4H3. The van der Waals surface area contributed by atoms with Crippen molar-refractivity contribution in [3.05, 3.63) is 18.0 Å². The van der Waals surface area contributed by atoms with E-state index in [1.165, 1.54) is 12.3 Å². The lowest BCUT2D eigenvalue weighted by atomic mass is 10.1. The molecule has 0 aliphatic carbocycles. The zero-order chi connectivity index (χ0) is 15.5. The molecule has 0 aliphatic rings. The molecule has 5 nitrogen and oxygen atoms in total. The Morgan fingerprint density at radius 1 is 1.45 bits per heavy atom. The van der Waals surface area contributed by atoms with Gasteiger partial charge in [-0.05, 0) is 18.9 Å². The first kappa shape index (κ1) is 17.0. The number of aromatic nitrogens is 1. The number of rotatable bonds is 6. The molecule has 0 N–H and O–H groups in total. The van der Waals surface area contributed by atoms with E-state index in [1.54, 1.807) is 16.5 Å². The van der Waals surface area contributed by atoms with Gasteiger partial charge in [-0.15, -0.1) is 0 Å². The summed E-state index contributed by atoms with van der Waals surface area (Å²) in [6.07, 6.45) is 2.38. The third kappa shape index (κ3) is 3.99. The molecule has 1 atom stereocenters. The number of amides is 1. The van der Waals surface area contributed by atoms with Crippen LogP contribution in [0.2, 0.25) is 0 Å². The van der Waals surface area contributed by atoms with E-state index in [0.717, 1.165) is 6.42 Å². The van der Waals surface area contributed by atoms with Gasteiger partial charge in [0.25, 0.3) is 15.0 Å². The molecule has 0 saturated carbocycles. The summed E-state index contributed by atoms with van der Waals surface area (Å²) in [6, 6.07) is 1.33. The summed E-state index contributed by atoms with van der Waals surface area (Å²) in [5, 5.41) is 0. The van der Waals surface area contributed by atoms with Crippen LogP contribution in [0.15, 0.2) is 17.2 Å². The Balaban J connectivity index is 3.06. The quantitative estimate of drug-likeness (QED) is 0.757. The second kappa shape index (κ2) is 6.63. The Kier molecular flexibility index (Phi) is 5.65. The van der Waals surface area contributed by atoms with Crippen molar-refractivity contribution in [3.8, 4) is 0 Å². The van der Waals surface area contributed by atoms with Crippen LogP contribution in [0.1, 0.15) is 37.7 Å². The number of carbonyl (C=O) groups is 1. The predicted molar refractivity (Wildman–Crippen MR) is 79.6 cm³/mol. The monoisotopic (exact) mass is 320 g/mol. The molecule has 0 saturated heterocycles. The van der Waals surface area contributed by atoms with Gasteiger partial charge in [-0.2, -0.15) is 0 Å². The van der Waals surface area contributed by atoms with Crippen molar-refractivity contribution in [1.82, 2.24) is 9.47 Å². The van der Waals surface area contributed by atoms with Crippen molar-refractivity contribution in [2.45, 2.75) is 38.6 Å². The second-order valence-corrected chi connectivity index (χ2v) is 7.55. The van der Waals surface area contributed by atoms with Gasteiger partial charge in [-0.1, -0.05) is 20.3 Å². The molecule has 1 aromatic rings. The predicted octanol–water partition coefficient (Wildman–Crippen LogP) is 2.55. The van der Waals surface area contributed by atoms with E-state index < -0.39 is 9.05 Å². The Hall–Kier alpha value is -1.01. The molecule has 1 amide bonds. The fraction of sp³-hybridized carbons (Fsp3) is 0.615. The number of hydrogen-bond acceptors (Lipinski definition) is 3. The highest BCUT2D eigenvalue weighted by Crippen LogP contribution is 2.20. The molecule has 7 heteroatoms. The largest absolute Gasteiger partial charge is 0.342 e. The van der Waals surface area contributed by atoms with Crippen molar-refractivity contribution in [3.63, 3.8) is 0 Å². The lowest BCUT2D eigenvalue weighted by molar-refractivity contribution is 0.0764. The first-order valence-corrected chi connectivity index (χ1v) is 8.91. The van der Waals surface area contributed by atoms with Crippen LogP contribution in [-0.2, 0) is 15.6 Å². The molecule has 114 valence electrons. The van der Waals surface area contributed by atoms with Crippen molar-refractivity contribution < 1.29 is 13.2 Å². The summed E-state index contributed by atoms with van der Waals surface area (Å²) in [4.78, 5) is 14.0. The summed E-state index contributed by atoms with van der Waals surface area (Å²) in [6.45, 7) is 7.11. The maximum Gasteiger partial charge on any atom is 0.270 e. The molecular weight excluding hydrogens is 300 g/mol. The van der Waals surface area contributed by atoms with E-state index in [4.69, 9.17) is 10.7 Å². The third-order valence-corrected chi connectivity index (χ3v) is 4.66. The van der Waals surface area contributed by atoms with Gasteiger partial charge < -0.3 is 9.47 Å². The zero-order valence-corrected chi connectivity index (χ0v) is 13.8. The molecular formula is C13H21ClN2O3S. The average molecular weight is 321 g/mol. The van der Waals surface area contributed by atoms with Crippen LogP contribution in [0, 0.1) is 5.92 Å². The molecule has 0 spiro atoms. The lowest BCUT2D eigenvalue weighted by Gasteiger charge is -2.21. The molecule has 0 aliphatic heterocycles. The van der Waals surface area contributed by atoms with E-state index in [-0.39, 0.29) is 10.8 Å². The number of carbonyl (C=O) groups excluding carboxylic acids is 1. The van der Waals surface area contributed by atoms with E-state index in [2.05, 4.69) is 13.8 Å². The van der Waals surface area contributed by atoms with Gasteiger partial charge in [0.1, 0.15) is 10.6 Å². The zero-order valence-electron chi connectivity index (χ0n) is 12.3. The van der Waals surface area contributed by atoms with Gasteiger partial charge in [0.05, 0.1) is 0 Å². The minimum Gasteiger partial charge on any atom is -0.342 e. The molecule has 1 heterocycles. The van der Waals surface area contributed by atoms with Crippen molar-refractivity contribution >= 4 is 25.6 Å². The first-order chi connectivity index (χ1) is 9.20. The summed E-state index contributed by atoms with van der Waals surface area (Å²) >= 11 is 0. The van der Waals surface area contributed by atoms with E-state index in [0.29, 0.717) is 24.7 Å². The van der Waals surface area contributed by atoms with Gasteiger partial charge in [-0.3, -0.25) is 4.79 Å². The number of aryl methyl sites for hydroxylation is 1. The maximum absolute atomic E-state index is 12.4. The first-order valence-electron chi connectivity index (χ1n) is 6.61. The molecule has 0 bridgehead atoms. The van der Waals surface area contributed by atoms with Crippen LogP contribution >= 0.6 is 10.7 Å². The smallest absolute Gasteiger partial charge is 0.270 e. The highest BCUT2D eigenvalue weighted by atomic mass is 35.7. The van der Waals surface area contributed by atoms with E-state index >= 15 is 0 Å². The van der Waals surface area contributed by atoms with Gasteiger partial charge >= 0.3 is 0 Å². The molecule has 1 aromatic heterocycles. The second-order valence-electron chi connectivity index (χ2n) is 4.98. The Bertz CT molecular complexity index is 580. The number of hydrogen-bond donors (Lipinski definition) is 0. The van der Waals surface area contributed by atoms with E-state index in [9.17, 15) is 13.2 Å². The van der Waals surface area contributed by atoms with Crippen LogP contribution in [0.3, 0.4) is 0 Å². The summed E-state index contributed by atoms with van der Waals surface area (Å²) < 4.78 is 24.3. The fourth-order valence-corrected chi connectivity index (χ4v) is 2.69. The Labute approximate surface area is 124 Å². The SMILES string of the molecule is CCC(C)CN(C)C(=O)c1cc(S(=O)(=O)Cl)cn1CC. The van der Waals surface area contributed by atoms with Crippen molar-refractivity contribution in [2.24, 2.45) is 5.92 Å². The highest BCUT2D eigenvalue weighted by molar-refractivity contribution is 8.13. The number of halogens is 1. The van der Waals surface area contributed by atoms with Crippen LogP contribution in [0.4, 0.5) is 0 Å². The average Bonchev–Trinajstić information content (AvgIpc) is 2.81. The van der Waals surface area contributed by atoms with Crippen molar-refractivity contribution in [1.29, 1.82) is 0 Å². The van der Waals surface area contributed by atoms with Gasteiger partial charge in [0.2, 0.25) is 0 Å². The highest BCUT2D eigenvalue weighted by Gasteiger charge is 2.22. The van der Waals surface area contributed by atoms with Gasteiger partial charge in [0, 0.05) is 37.0 Å². The topological polar surface area (TPSA) is 59.4 Å².